The molecule has 2 rings (SSSR count). The third-order valence-electron chi connectivity index (χ3n) is 4.73. The van der Waals surface area contributed by atoms with E-state index in [1.165, 1.54) is 0 Å². The standard InChI is InChI=1S/C23H33NO3/c1-17-13-19(22(25)20(14-17)23(2,3)4)16-24(11-12-26-5)15-18-9-7-8-10-21(18)27-6/h7-10,13-14,25H,11-12,15-16H2,1-6H3. The number of phenols is 1. The second-order valence-electron chi connectivity index (χ2n) is 8.09. The second-order valence-corrected chi connectivity index (χ2v) is 8.09. The van der Waals surface area contributed by atoms with Gasteiger partial charge in [0.05, 0.1) is 13.7 Å². The molecule has 0 aliphatic heterocycles. The van der Waals surface area contributed by atoms with Crippen molar-refractivity contribution in [3.05, 3.63) is 58.7 Å². The summed E-state index contributed by atoms with van der Waals surface area (Å²) in [5, 5.41) is 10.9. The summed E-state index contributed by atoms with van der Waals surface area (Å²) < 4.78 is 10.8. The molecule has 0 amide bonds. The highest BCUT2D eigenvalue weighted by Gasteiger charge is 2.22. The van der Waals surface area contributed by atoms with Crippen molar-refractivity contribution in [3.63, 3.8) is 0 Å². The molecule has 0 radical (unpaired) electrons. The minimum Gasteiger partial charge on any atom is -0.507 e. The van der Waals surface area contributed by atoms with Gasteiger partial charge < -0.3 is 14.6 Å². The van der Waals surface area contributed by atoms with E-state index >= 15 is 0 Å². The highest BCUT2D eigenvalue weighted by Crippen LogP contribution is 2.35. The predicted molar refractivity (Wildman–Crippen MR) is 111 cm³/mol. The van der Waals surface area contributed by atoms with Crippen LogP contribution in [0.25, 0.3) is 0 Å². The molecule has 4 heteroatoms. The first-order valence-corrected chi connectivity index (χ1v) is 9.42. The average Bonchev–Trinajstić information content (AvgIpc) is 2.61. The van der Waals surface area contributed by atoms with Crippen LogP contribution >= 0.6 is 0 Å². The van der Waals surface area contributed by atoms with E-state index in [9.17, 15) is 5.11 Å². The second kappa shape index (κ2) is 9.25. The van der Waals surface area contributed by atoms with Crippen LogP contribution in [0, 0.1) is 6.92 Å². The molecule has 0 atom stereocenters. The molecule has 0 saturated heterocycles. The van der Waals surface area contributed by atoms with Crippen molar-refractivity contribution in [3.8, 4) is 11.5 Å². The summed E-state index contributed by atoms with van der Waals surface area (Å²) in [5.41, 5.74) is 4.12. The van der Waals surface area contributed by atoms with Gasteiger partial charge in [-0.2, -0.15) is 0 Å². The van der Waals surface area contributed by atoms with Gasteiger partial charge in [-0.1, -0.05) is 56.7 Å². The first-order valence-electron chi connectivity index (χ1n) is 9.42. The van der Waals surface area contributed by atoms with Crippen LogP contribution in [-0.2, 0) is 23.2 Å². The number of rotatable bonds is 8. The fourth-order valence-electron chi connectivity index (χ4n) is 3.30. The Bertz CT molecular complexity index is 750. The molecular weight excluding hydrogens is 338 g/mol. The van der Waals surface area contributed by atoms with E-state index < -0.39 is 0 Å². The highest BCUT2D eigenvalue weighted by atomic mass is 16.5. The molecule has 0 aromatic heterocycles. The third kappa shape index (κ3) is 5.72. The number of nitrogens with zero attached hydrogens (tertiary/aromatic N) is 1. The zero-order valence-corrected chi connectivity index (χ0v) is 17.5. The molecule has 1 N–H and O–H groups in total. The molecule has 0 heterocycles. The Hall–Kier alpha value is -2.04. The van der Waals surface area contributed by atoms with Crippen molar-refractivity contribution in [2.45, 2.75) is 46.2 Å². The number of ether oxygens (including phenoxy) is 2. The maximum absolute atomic E-state index is 10.9. The van der Waals surface area contributed by atoms with E-state index in [1.54, 1.807) is 14.2 Å². The van der Waals surface area contributed by atoms with E-state index in [1.807, 2.05) is 18.2 Å². The molecule has 0 aliphatic carbocycles. The molecule has 0 bridgehead atoms. The van der Waals surface area contributed by atoms with E-state index in [-0.39, 0.29) is 5.41 Å². The lowest BCUT2D eigenvalue weighted by atomic mass is 9.84. The fraction of sp³-hybridized carbons (Fsp3) is 0.478. The molecule has 27 heavy (non-hydrogen) atoms. The molecule has 2 aromatic carbocycles. The van der Waals surface area contributed by atoms with Gasteiger partial charge in [0, 0.05) is 37.9 Å². The zero-order valence-electron chi connectivity index (χ0n) is 17.5. The lowest BCUT2D eigenvalue weighted by molar-refractivity contribution is 0.138. The zero-order chi connectivity index (χ0) is 20.0. The number of benzene rings is 2. The van der Waals surface area contributed by atoms with E-state index in [0.717, 1.165) is 41.1 Å². The predicted octanol–water partition coefficient (Wildman–Crippen LogP) is 4.66. The van der Waals surface area contributed by atoms with Crippen molar-refractivity contribution in [2.24, 2.45) is 0 Å². The summed E-state index contributed by atoms with van der Waals surface area (Å²) in [6, 6.07) is 12.2. The van der Waals surface area contributed by atoms with Crippen molar-refractivity contribution < 1.29 is 14.6 Å². The van der Waals surface area contributed by atoms with Crippen molar-refractivity contribution in [1.82, 2.24) is 4.90 Å². The maximum Gasteiger partial charge on any atom is 0.123 e. The summed E-state index contributed by atoms with van der Waals surface area (Å²) in [5.74, 6) is 1.28. The van der Waals surface area contributed by atoms with Gasteiger partial charge in [-0.25, -0.2) is 0 Å². The van der Waals surface area contributed by atoms with Gasteiger partial charge in [-0.15, -0.1) is 0 Å². The number of hydrogen-bond donors (Lipinski definition) is 1. The molecule has 148 valence electrons. The number of hydrogen-bond acceptors (Lipinski definition) is 4. The summed E-state index contributed by atoms with van der Waals surface area (Å²) in [4.78, 5) is 2.28. The molecule has 0 unspecified atom stereocenters. The molecule has 0 spiro atoms. The van der Waals surface area contributed by atoms with Crippen LogP contribution in [0.1, 0.15) is 43.0 Å². The largest absolute Gasteiger partial charge is 0.507 e. The number of aromatic hydroxyl groups is 1. The van der Waals surface area contributed by atoms with Gasteiger partial charge in [-0.3, -0.25) is 4.90 Å². The maximum atomic E-state index is 10.9. The van der Waals surface area contributed by atoms with Crippen LogP contribution in [-0.4, -0.2) is 37.4 Å². The molecule has 0 aliphatic rings. The van der Waals surface area contributed by atoms with Gasteiger partial charge in [0.15, 0.2) is 0 Å². The van der Waals surface area contributed by atoms with Crippen LogP contribution in [0.15, 0.2) is 36.4 Å². The minimum absolute atomic E-state index is 0.106. The van der Waals surface area contributed by atoms with Crippen LogP contribution < -0.4 is 4.74 Å². The summed E-state index contributed by atoms with van der Waals surface area (Å²) >= 11 is 0. The quantitative estimate of drug-likeness (QED) is 0.733. The Morgan fingerprint density at radius 1 is 1.00 bits per heavy atom. The monoisotopic (exact) mass is 371 g/mol. The Morgan fingerprint density at radius 3 is 2.30 bits per heavy atom. The van der Waals surface area contributed by atoms with E-state index in [2.05, 4.69) is 50.8 Å². The lowest BCUT2D eigenvalue weighted by Gasteiger charge is -2.27. The third-order valence-corrected chi connectivity index (χ3v) is 4.73. The van der Waals surface area contributed by atoms with Gasteiger partial charge in [-0.05, 0) is 24.0 Å². The highest BCUT2D eigenvalue weighted by molar-refractivity contribution is 5.47. The van der Waals surface area contributed by atoms with Crippen molar-refractivity contribution in [2.75, 3.05) is 27.4 Å². The van der Waals surface area contributed by atoms with Gasteiger partial charge >= 0.3 is 0 Å². The average molecular weight is 372 g/mol. The Morgan fingerprint density at radius 2 is 1.67 bits per heavy atom. The fourth-order valence-corrected chi connectivity index (χ4v) is 3.30. The summed E-state index contributed by atoms with van der Waals surface area (Å²) in [7, 11) is 3.41. The number of aryl methyl sites for hydroxylation is 1. The normalized spacial score (nSPS) is 11.8. The molecular formula is C23H33NO3. The van der Waals surface area contributed by atoms with Crippen molar-refractivity contribution in [1.29, 1.82) is 0 Å². The summed E-state index contributed by atoms with van der Waals surface area (Å²) in [6.45, 7) is 11.2. The number of para-hydroxylation sites is 1. The number of phenolic OH excluding ortho intramolecular Hbond substituents is 1. The molecule has 0 saturated carbocycles. The first kappa shape index (κ1) is 21.3. The SMILES string of the molecule is COCCN(Cc1ccccc1OC)Cc1cc(C)cc(C(C)(C)C)c1O. The topological polar surface area (TPSA) is 41.9 Å². The van der Waals surface area contributed by atoms with Gasteiger partial charge in [0.1, 0.15) is 11.5 Å². The van der Waals surface area contributed by atoms with Crippen molar-refractivity contribution >= 4 is 0 Å². The molecule has 2 aromatic rings. The van der Waals surface area contributed by atoms with Gasteiger partial charge in [0.2, 0.25) is 0 Å². The van der Waals surface area contributed by atoms with Gasteiger partial charge in [0.25, 0.3) is 0 Å². The Balaban J connectivity index is 2.32. The van der Waals surface area contributed by atoms with Crippen LogP contribution in [0.5, 0.6) is 11.5 Å². The smallest absolute Gasteiger partial charge is 0.123 e. The van der Waals surface area contributed by atoms with Crippen LogP contribution in [0.4, 0.5) is 0 Å². The molecule has 4 nitrogen and oxygen atoms in total. The minimum atomic E-state index is -0.106. The number of methoxy groups -OCH3 is 2. The Labute approximate surface area is 163 Å². The van der Waals surface area contributed by atoms with E-state index in [4.69, 9.17) is 9.47 Å². The first-order chi connectivity index (χ1) is 12.8. The van der Waals surface area contributed by atoms with Crippen LogP contribution in [0.3, 0.4) is 0 Å². The van der Waals surface area contributed by atoms with E-state index in [0.29, 0.717) is 18.9 Å². The Kier molecular flexibility index (Phi) is 7.28. The summed E-state index contributed by atoms with van der Waals surface area (Å²) in [6.07, 6.45) is 0. The van der Waals surface area contributed by atoms with Crippen LogP contribution in [0.2, 0.25) is 0 Å². The molecule has 0 fully saturated rings. The lowest BCUT2D eigenvalue weighted by Crippen LogP contribution is -2.27.